The summed E-state index contributed by atoms with van der Waals surface area (Å²) < 4.78 is 23.9. The molecule has 0 radical (unpaired) electrons. The van der Waals surface area contributed by atoms with Gasteiger partial charge in [0.25, 0.3) is 10.0 Å². The first-order chi connectivity index (χ1) is 6.50. The highest BCUT2D eigenvalue weighted by Gasteiger charge is 2.24. The van der Waals surface area contributed by atoms with Gasteiger partial charge in [-0.05, 0) is 17.4 Å². The van der Waals surface area contributed by atoms with Crippen LogP contribution in [0.1, 0.15) is 0 Å². The Morgan fingerprint density at radius 1 is 1.64 bits per heavy atom. The van der Waals surface area contributed by atoms with Gasteiger partial charge in [0.1, 0.15) is 4.21 Å². The van der Waals surface area contributed by atoms with Crippen molar-refractivity contribution in [2.75, 3.05) is 7.05 Å². The third kappa shape index (κ3) is 1.78. The van der Waals surface area contributed by atoms with Crippen molar-refractivity contribution >= 4 is 27.3 Å². The van der Waals surface area contributed by atoms with Crippen LogP contribution in [0.3, 0.4) is 0 Å². The molecule has 14 heavy (non-hydrogen) atoms. The van der Waals surface area contributed by atoms with Gasteiger partial charge in [-0.3, -0.25) is 4.79 Å². The van der Waals surface area contributed by atoms with Gasteiger partial charge in [-0.15, -0.1) is 17.8 Å². The maximum absolute atomic E-state index is 11.6. The maximum Gasteiger partial charge on any atom is 0.311 e. The Labute approximate surface area is 86.2 Å². The molecule has 0 bridgehead atoms. The molecule has 0 aliphatic heterocycles. The maximum atomic E-state index is 11.6. The SMILES string of the molecule is C#CC(=O)N(C)S(=O)(=O)c1cccs1. The number of hydrogen-bond donors (Lipinski definition) is 0. The normalized spacial score (nSPS) is 10.6. The van der Waals surface area contributed by atoms with Crippen molar-refractivity contribution in [1.29, 1.82) is 0 Å². The van der Waals surface area contributed by atoms with Crippen LogP contribution in [-0.2, 0) is 14.8 Å². The van der Waals surface area contributed by atoms with Gasteiger partial charge in [0, 0.05) is 7.05 Å². The van der Waals surface area contributed by atoms with Crippen LogP contribution in [0.4, 0.5) is 0 Å². The minimum absolute atomic E-state index is 0.101. The van der Waals surface area contributed by atoms with Crippen molar-refractivity contribution in [3.8, 4) is 12.3 Å². The van der Waals surface area contributed by atoms with Crippen molar-refractivity contribution in [2.24, 2.45) is 0 Å². The van der Waals surface area contributed by atoms with E-state index in [9.17, 15) is 13.2 Å². The lowest BCUT2D eigenvalue weighted by Crippen LogP contribution is -2.31. The van der Waals surface area contributed by atoms with Crippen LogP contribution < -0.4 is 0 Å². The summed E-state index contributed by atoms with van der Waals surface area (Å²) in [5.74, 6) is 0.869. The molecule has 0 unspecified atom stereocenters. The number of terminal acetylenes is 1. The molecule has 1 amide bonds. The minimum atomic E-state index is -3.75. The molecule has 0 aliphatic carbocycles. The molecular formula is C8H7NO3S2. The van der Waals surface area contributed by atoms with Crippen LogP contribution in [0.5, 0.6) is 0 Å². The molecule has 0 aromatic carbocycles. The van der Waals surface area contributed by atoms with E-state index < -0.39 is 15.9 Å². The summed E-state index contributed by atoms with van der Waals surface area (Å²) in [5.41, 5.74) is 0. The zero-order chi connectivity index (χ0) is 10.8. The molecule has 1 heterocycles. The molecule has 0 saturated carbocycles. The van der Waals surface area contributed by atoms with Crippen LogP contribution in [-0.4, -0.2) is 25.7 Å². The molecule has 0 spiro atoms. The molecule has 0 atom stereocenters. The lowest BCUT2D eigenvalue weighted by molar-refractivity contribution is -0.119. The lowest BCUT2D eigenvalue weighted by Gasteiger charge is -2.12. The molecule has 0 saturated heterocycles. The van der Waals surface area contributed by atoms with Crippen molar-refractivity contribution in [2.45, 2.75) is 4.21 Å². The van der Waals surface area contributed by atoms with Crippen LogP contribution in [0.2, 0.25) is 0 Å². The Kier molecular flexibility index (Phi) is 2.93. The van der Waals surface area contributed by atoms with Crippen molar-refractivity contribution in [3.05, 3.63) is 17.5 Å². The van der Waals surface area contributed by atoms with Crippen molar-refractivity contribution in [1.82, 2.24) is 4.31 Å². The van der Waals surface area contributed by atoms with Crippen LogP contribution >= 0.6 is 11.3 Å². The fourth-order valence-electron chi connectivity index (χ4n) is 0.745. The average molecular weight is 229 g/mol. The Balaban J connectivity index is 3.11. The summed E-state index contributed by atoms with van der Waals surface area (Å²) in [6, 6.07) is 3.01. The first-order valence-corrected chi connectivity index (χ1v) is 5.85. The largest absolute Gasteiger partial charge is 0.311 e. The highest BCUT2D eigenvalue weighted by Crippen LogP contribution is 2.19. The summed E-state index contributed by atoms with van der Waals surface area (Å²) in [5, 5.41) is 1.61. The summed E-state index contributed by atoms with van der Waals surface area (Å²) in [7, 11) is -2.61. The first-order valence-electron chi connectivity index (χ1n) is 3.53. The molecule has 0 N–H and O–H groups in total. The van der Waals surface area contributed by atoms with E-state index in [4.69, 9.17) is 6.42 Å². The van der Waals surface area contributed by atoms with Gasteiger partial charge in [-0.1, -0.05) is 6.07 Å². The topological polar surface area (TPSA) is 54.5 Å². The number of carbonyl (C=O) groups excluding carboxylic acids is 1. The highest BCUT2D eigenvalue weighted by molar-refractivity contribution is 7.91. The van der Waals surface area contributed by atoms with Gasteiger partial charge < -0.3 is 0 Å². The highest BCUT2D eigenvalue weighted by atomic mass is 32.2. The molecule has 0 fully saturated rings. The fourth-order valence-corrected chi connectivity index (χ4v) is 2.97. The van der Waals surface area contributed by atoms with Crippen molar-refractivity contribution in [3.63, 3.8) is 0 Å². The number of sulfonamides is 1. The summed E-state index contributed by atoms with van der Waals surface area (Å²) in [6.45, 7) is 0. The van der Waals surface area contributed by atoms with Gasteiger partial charge in [-0.25, -0.2) is 12.7 Å². The van der Waals surface area contributed by atoms with Gasteiger partial charge in [0.05, 0.1) is 0 Å². The Hall–Kier alpha value is -1.32. The Bertz CT molecular complexity index is 467. The zero-order valence-electron chi connectivity index (χ0n) is 7.30. The van der Waals surface area contributed by atoms with Gasteiger partial charge >= 0.3 is 5.91 Å². The second-order valence-electron chi connectivity index (χ2n) is 2.35. The predicted molar refractivity (Wildman–Crippen MR) is 53.1 cm³/mol. The van der Waals surface area contributed by atoms with Gasteiger partial charge in [-0.2, -0.15) is 0 Å². The minimum Gasteiger partial charge on any atom is -0.258 e. The number of thiophene rings is 1. The van der Waals surface area contributed by atoms with Crippen molar-refractivity contribution < 1.29 is 13.2 Å². The lowest BCUT2D eigenvalue weighted by atomic mass is 10.6. The molecule has 1 aromatic heterocycles. The monoisotopic (exact) mass is 229 g/mol. The fraction of sp³-hybridized carbons (Fsp3) is 0.125. The number of nitrogens with zero attached hydrogens (tertiary/aromatic N) is 1. The average Bonchev–Trinajstić information content (AvgIpc) is 2.68. The van der Waals surface area contributed by atoms with E-state index in [0.717, 1.165) is 18.4 Å². The number of carbonyl (C=O) groups is 1. The van der Waals surface area contributed by atoms with E-state index in [-0.39, 0.29) is 4.21 Å². The first kappa shape index (κ1) is 10.8. The standard InChI is InChI=1S/C8H7NO3S2/c1-3-7(10)9(2)14(11,12)8-5-4-6-13-8/h1,4-6H,2H3. The number of rotatable bonds is 2. The molecule has 4 nitrogen and oxygen atoms in total. The summed E-state index contributed by atoms with van der Waals surface area (Å²) in [4.78, 5) is 11.0. The van der Waals surface area contributed by atoms with Gasteiger partial charge in [0.15, 0.2) is 0 Å². The van der Waals surface area contributed by atoms with E-state index in [2.05, 4.69) is 0 Å². The molecule has 74 valence electrons. The van der Waals surface area contributed by atoms with Gasteiger partial charge in [0.2, 0.25) is 0 Å². The summed E-state index contributed by atoms with van der Waals surface area (Å²) >= 11 is 1.04. The second-order valence-corrected chi connectivity index (χ2v) is 5.50. The quantitative estimate of drug-likeness (QED) is 0.695. The number of amides is 1. The summed E-state index contributed by atoms with van der Waals surface area (Å²) in [6.07, 6.45) is 4.82. The Morgan fingerprint density at radius 2 is 2.29 bits per heavy atom. The molecule has 1 aromatic rings. The zero-order valence-corrected chi connectivity index (χ0v) is 8.93. The van der Waals surface area contributed by atoms with Crippen LogP contribution in [0.15, 0.2) is 21.7 Å². The third-order valence-corrected chi connectivity index (χ3v) is 4.63. The third-order valence-electron chi connectivity index (χ3n) is 1.52. The molecular weight excluding hydrogens is 222 g/mol. The Morgan fingerprint density at radius 3 is 2.71 bits per heavy atom. The van der Waals surface area contributed by atoms with Crippen LogP contribution in [0.25, 0.3) is 0 Å². The molecule has 6 heteroatoms. The van der Waals surface area contributed by atoms with E-state index in [0.29, 0.717) is 4.31 Å². The van der Waals surface area contributed by atoms with E-state index >= 15 is 0 Å². The number of hydrogen-bond acceptors (Lipinski definition) is 4. The van der Waals surface area contributed by atoms with E-state index in [1.54, 1.807) is 17.4 Å². The smallest absolute Gasteiger partial charge is 0.258 e. The van der Waals surface area contributed by atoms with E-state index in [1.807, 2.05) is 0 Å². The molecule has 0 aliphatic rings. The molecule has 1 rings (SSSR count). The second kappa shape index (κ2) is 3.82. The van der Waals surface area contributed by atoms with Crippen LogP contribution in [0, 0.1) is 12.3 Å². The van der Waals surface area contributed by atoms with E-state index in [1.165, 1.54) is 6.07 Å². The predicted octanol–water partition coefficient (Wildman–Crippen LogP) is 0.528.